The van der Waals surface area contributed by atoms with Crippen LogP contribution in [0.5, 0.6) is 5.75 Å². The van der Waals surface area contributed by atoms with Gasteiger partial charge >= 0.3 is 0 Å². The second-order valence-electron chi connectivity index (χ2n) is 5.23. The fourth-order valence-electron chi connectivity index (χ4n) is 2.32. The van der Waals surface area contributed by atoms with Crippen molar-refractivity contribution in [3.05, 3.63) is 72.2 Å². The first-order valence-corrected chi connectivity index (χ1v) is 7.82. The molecule has 2 aromatic heterocycles. The summed E-state index contributed by atoms with van der Waals surface area (Å²) < 4.78 is 20.8. The average molecular weight is 340 g/mol. The molecule has 7 heteroatoms. The molecule has 0 radical (unpaired) electrons. The molecule has 0 aliphatic rings. The van der Waals surface area contributed by atoms with Gasteiger partial charge < -0.3 is 10.1 Å². The van der Waals surface area contributed by atoms with E-state index >= 15 is 0 Å². The van der Waals surface area contributed by atoms with Crippen molar-refractivity contribution in [1.82, 2.24) is 19.9 Å². The highest BCUT2D eigenvalue weighted by Gasteiger charge is 2.16. The minimum atomic E-state index is -0.555. The third-order valence-electron chi connectivity index (χ3n) is 3.53. The maximum absolute atomic E-state index is 13.8. The van der Waals surface area contributed by atoms with Crippen molar-refractivity contribution in [3.63, 3.8) is 0 Å². The Morgan fingerprint density at radius 1 is 1.32 bits per heavy atom. The Labute approximate surface area is 144 Å². The Morgan fingerprint density at radius 2 is 2.20 bits per heavy atom. The molecule has 25 heavy (non-hydrogen) atoms. The lowest BCUT2D eigenvalue weighted by Crippen LogP contribution is -2.24. The lowest BCUT2D eigenvalue weighted by atomic mass is 10.1. The van der Waals surface area contributed by atoms with Crippen molar-refractivity contribution in [1.29, 1.82) is 0 Å². The number of pyridine rings is 1. The number of hydrogen-bond acceptors (Lipinski definition) is 4. The highest BCUT2D eigenvalue weighted by molar-refractivity contribution is 5.96. The highest BCUT2D eigenvalue weighted by atomic mass is 19.1. The maximum Gasteiger partial charge on any atom is 0.255 e. The molecule has 1 N–H and O–H groups in total. The van der Waals surface area contributed by atoms with Crippen LogP contribution in [-0.2, 0) is 6.54 Å². The van der Waals surface area contributed by atoms with Crippen molar-refractivity contribution in [2.24, 2.45) is 0 Å². The molecule has 3 aromatic rings. The summed E-state index contributed by atoms with van der Waals surface area (Å²) in [6.45, 7) is 2.29. The van der Waals surface area contributed by atoms with Crippen LogP contribution in [0.4, 0.5) is 4.39 Å². The van der Waals surface area contributed by atoms with Gasteiger partial charge in [-0.15, -0.1) is 0 Å². The number of ether oxygens (including phenoxy) is 1. The van der Waals surface area contributed by atoms with Crippen LogP contribution in [0, 0.1) is 5.82 Å². The molecule has 1 amide bonds. The van der Waals surface area contributed by atoms with Crippen LogP contribution in [-0.4, -0.2) is 27.0 Å². The molecule has 0 unspecified atom stereocenters. The van der Waals surface area contributed by atoms with Crippen molar-refractivity contribution in [3.8, 4) is 11.6 Å². The first kappa shape index (κ1) is 16.6. The van der Waals surface area contributed by atoms with E-state index in [1.807, 2.05) is 12.1 Å². The van der Waals surface area contributed by atoms with Crippen molar-refractivity contribution >= 4 is 5.91 Å². The Morgan fingerprint density at radius 3 is 2.88 bits per heavy atom. The van der Waals surface area contributed by atoms with E-state index in [1.54, 1.807) is 36.4 Å². The van der Waals surface area contributed by atoms with E-state index in [4.69, 9.17) is 4.74 Å². The summed E-state index contributed by atoms with van der Waals surface area (Å²) in [5.74, 6) is -0.255. The van der Waals surface area contributed by atoms with E-state index < -0.39 is 11.7 Å². The number of carbonyl (C=O) groups is 1. The Balaban J connectivity index is 1.67. The molecule has 0 fully saturated rings. The highest BCUT2D eigenvalue weighted by Crippen LogP contribution is 2.22. The molecular formula is C18H17FN4O2. The molecule has 2 heterocycles. The molecule has 1 aromatic carbocycles. The molecule has 0 aliphatic heterocycles. The van der Waals surface area contributed by atoms with Crippen LogP contribution in [0.2, 0.25) is 0 Å². The summed E-state index contributed by atoms with van der Waals surface area (Å²) in [5, 5.41) is 2.75. The van der Waals surface area contributed by atoms with Crippen LogP contribution >= 0.6 is 0 Å². The predicted octanol–water partition coefficient (Wildman–Crippen LogP) is 2.74. The number of para-hydroxylation sites is 1. The van der Waals surface area contributed by atoms with Gasteiger partial charge in [0.15, 0.2) is 11.6 Å². The van der Waals surface area contributed by atoms with Gasteiger partial charge in [0.1, 0.15) is 12.1 Å². The number of imidazole rings is 1. The van der Waals surface area contributed by atoms with Crippen LogP contribution in [0.1, 0.15) is 22.8 Å². The lowest BCUT2D eigenvalue weighted by molar-refractivity contribution is 0.0946. The van der Waals surface area contributed by atoms with E-state index in [1.165, 1.54) is 18.2 Å². The quantitative estimate of drug-likeness (QED) is 0.749. The summed E-state index contributed by atoms with van der Waals surface area (Å²) in [4.78, 5) is 20.6. The first-order chi connectivity index (χ1) is 12.2. The molecule has 0 saturated carbocycles. The average Bonchev–Trinajstić information content (AvgIpc) is 3.16. The Bertz CT molecular complexity index is 848. The van der Waals surface area contributed by atoms with Gasteiger partial charge in [0.05, 0.1) is 12.2 Å². The first-order valence-electron chi connectivity index (χ1n) is 7.82. The zero-order chi connectivity index (χ0) is 17.6. The van der Waals surface area contributed by atoms with E-state index in [0.717, 1.165) is 11.4 Å². The number of nitrogens with one attached hydrogen (secondary N) is 1. The van der Waals surface area contributed by atoms with Crippen molar-refractivity contribution in [2.75, 3.05) is 6.61 Å². The molecule has 0 saturated heterocycles. The molecule has 0 bridgehead atoms. The topological polar surface area (TPSA) is 69.0 Å². The van der Waals surface area contributed by atoms with Crippen LogP contribution in [0.3, 0.4) is 0 Å². The van der Waals surface area contributed by atoms with E-state index in [9.17, 15) is 9.18 Å². The van der Waals surface area contributed by atoms with Crippen LogP contribution < -0.4 is 10.1 Å². The lowest BCUT2D eigenvalue weighted by Gasteiger charge is -2.11. The third kappa shape index (κ3) is 3.82. The van der Waals surface area contributed by atoms with Gasteiger partial charge in [-0.2, -0.15) is 0 Å². The molecular weight excluding hydrogens is 323 g/mol. The van der Waals surface area contributed by atoms with Gasteiger partial charge in [0.2, 0.25) is 0 Å². The van der Waals surface area contributed by atoms with Gasteiger partial charge in [-0.3, -0.25) is 9.36 Å². The number of hydrogen-bond donors (Lipinski definition) is 1. The molecule has 128 valence electrons. The summed E-state index contributed by atoms with van der Waals surface area (Å²) in [5.41, 5.74) is 0.997. The fraction of sp³-hybridized carbons (Fsp3) is 0.167. The molecule has 0 aliphatic carbocycles. The number of amides is 1. The third-order valence-corrected chi connectivity index (χ3v) is 3.53. The monoisotopic (exact) mass is 340 g/mol. The number of rotatable bonds is 6. The minimum Gasteiger partial charge on any atom is -0.490 e. The van der Waals surface area contributed by atoms with E-state index in [2.05, 4.69) is 15.3 Å². The van der Waals surface area contributed by atoms with Crippen molar-refractivity contribution in [2.45, 2.75) is 13.5 Å². The number of carbonyl (C=O) groups excluding carboxylic acids is 1. The number of benzene rings is 1. The minimum absolute atomic E-state index is 0.0314. The smallest absolute Gasteiger partial charge is 0.255 e. The normalized spacial score (nSPS) is 10.5. The SMILES string of the molecule is CCOc1c(F)cccc1C(=O)NCc1ccc(-n2ccnc2)nc1. The predicted molar refractivity (Wildman–Crippen MR) is 90.1 cm³/mol. The standard InChI is InChI=1S/C18H17FN4O2/c1-2-25-17-14(4-3-5-15(17)19)18(24)22-11-13-6-7-16(21-10-13)23-9-8-20-12-23/h3-10,12H,2,11H2,1H3,(H,22,24). The summed E-state index contributed by atoms with van der Waals surface area (Å²) in [6, 6.07) is 7.97. The zero-order valence-electron chi connectivity index (χ0n) is 13.6. The largest absolute Gasteiger partial charge is 0.490 e. The van der Waals surface area contributed by atoms with Gasteiger partial charge in [-0.05, 0) is 30.7 Å². The molecule has 0 spiro atoms. The van der Waals surface area contributed by atoms with Crippen molar-refractivity contribution < 1.29 is 13.9 Å². The Hall–Kier alpha value is -3.22. The van der Waals surface area contributed by atoms with Gasteiger partial charge in [0.25, 0.3) is 5.91 Å². The van der Waals surface area contributed by atoms with Gasteiger partial charge in [-0.25, -0.2) is 14.4 Å². The van der Waals surface area contributed by atoms with E-state index in [0.29, 0.717) is 0 Å². The van der Waals surface area contributed by atoms with Gasteiger partial charge in [0, 0.05) is 25.1 Å². The molecule has 0 atom stereocenters. The fourth-order valence-corrected chi connectivity index (χ4v) is 2.32. The van der Waals surface area contributed by atoms with Crippen LogP contribution in [0.15, 0.2) is 55.2 Å². The molecule has 3 rings (SSSR count). The summed E-state index contributed by atoms with van der Waals surface area (Å²) in [7, 11) is 0. The second-order valence-corrected chi connectivity index (χ2v) is 5.23. The number of aromatic nitrogens is 3. The van der Waals surface area contributed by atoms with E-state index in [-0.39, 0.29) is 24.5 Å². The number of halogens is 1. The maximum atomic E-state index is 13.8. The Kier molecular flexibility index (Phi) is 5.03. The van der Waals surface area contributed by atoms with Crippen LogP contribution in [0.25, 0.3) is 5.82 Å². The summed E-state index contributed by atoms with van der Waals surface area (Å²) >= 11 is 0. The summed E-state index contributed by atoms with van der Waals surface area (Å²) in [6.07, 6.45) is 6.79. The number of nitrogens with zero attached hydrogens (tertiary/aromatic N) is 3. The molecule has 6 nitrogen and oxygen atoms in total. The zero-order valence-corrected chi connectivity index (χ0v) is 13.6. The van der Waals surface area contributed by atoms with Gasteiger partial charge in [-0.1, -0.05) is 12.1 Å². The second kappa shape index (κ2) is 7.57.